The maximum absolute atomic E-state index is 5.68. The highest BCUT2D eigenvalue weighted by atomic mass is 16.5. The quantitative estimate of drug-likeness (QED) is 0.821. The molecule has 2 N–H and O–H groups in total. The summed E-state index contributed by atoms with van der Waals surface area (Å²) >= 11 is 0. The van der Waals surface area contributed by atoms with E-state index in [0.29, 0.717) is 12.3 Å². The Morgan fingerprint density at radius 3 is 2.56 bits per heavy atom. The van der Waals surface area contributed by atoms with Crippen LogP contribution in [0.25, 0.3) is 0 Å². The van der Waals surface area contributed by atoms with Gasteiger partial charge in [-0.1, -0.05) is 18.2 Å². The van der Waals surface area contributed by atoms with Crippen molar-refractivity contribution in [3.63, 3.8) is 0 Å². The number of ether oxygens (including phenoxy) is 2. The molecule has 0 saturated heterocycles. The zero-order chi connectivity index (χ0) is 12.8. The summed E-state index contributed by atoms with van der Waals surface area (Å²) in [6.07, 6.45) is 0.839. The average molecular weight is 243 g/mol. The lowest BCUT2D eigenvalue weighted by Crippen LogP contribution is -2.01. The van der Waals surface area contributed by atoms with E-state index in [-0.39, 0.29) is 0 Å². The van der Waals surface area contributed by atoms with Gasteiger partial charge < -0.3 is 15.2 Å². The van der Waals surface area contributed by atoms with Crippen LogP contribution in [-0.4, -0.2) is 13.7 Å². The number of hydrogen-bond acceptors (Lipinski definition) is 3. The molecule has 0 unspecified atom stereocenters. The molecule has 2 rings (SSSR count). The number of rotatable bonds is 5. The van der Waals surface area contributed by atoms with Crippen LogP contribution in [0.1, 0.15) is 5.56 Å². The third-order valence-electron chi connectivity index (χ3n) is 2.65. The van der Waals surface area contributed by atoms with Crippen LogP contribution in [0, 0.1) is 0 Å². The highest BCUT2D eigenvalue weighted by molar-refractivity contribution is 5.43. The first-order valence-electron chi connectivity index (χ1n) is 5.89. The first-order valence-corrected chi connectivity index (χ1v) is 5.89. The molecule has 0 aliphatic rings. The number of nitrogens with two attached hydrogens (primary N) is 1. The van der Waals surface area contributed by atoms with E-state index in [1.807, 2.05) is 42.5 Å². The van der Waals surface area contributed by atoms with Crippen LogP contribution < -0.4 is 15.2 Å². The van der Waals surface area contributed by atoms with Gasteiger partial charge in [0, 0.05) is 18.2 Å². The van der Waals surface area contributed by atoms with E-state index in [2.05, 4.69) is 6.07 Å². The second kappa shape index (κ2) is 5.96. The van der Waals surface area contributed by atoms with Crippen LogP contribution in [0.15, 0.2) is 48.5 Å². The fourth-order valence-corrected chi connectivity index (χ4v) is 1.72. The van der Waals surface area contributed by atoms with Crippen molar-refractivity contribution in [3.05, 3.63) is 54.1 Å². The summed E-state index contributed by atoms with van der Waals surface area (Å²) in [4.78, 5) is 0. The minimum absolute atomic E-state index is 0.622. The molecule has 0 saturated carbocycles. The number of benzene rings is 2. The molecule has 2 aromatic carbocycles. The van der Waals surface area contributed by atoms with Crippen LogP contribution in [0.5, 0.6) is 11.5 Å². The predicted molar refractivity (Wildman–Crippen MR) is 73.0 cm³/mol. The van der Waals surface area contributed by atoms with Crippen molar-refractivity contribution in [1.29, 1.82) is 0 Å². The van der Waals surface area contributed by atoms with Gasteiger partial charge in [0.2, 0.25) is 0 Å². The van der Waals surface area contributed by atoms with Gasteiger partial charge in [-0.3, -0.25) is 0 Å². The van der Waals surface area contributed by atoms with Gasteiger partial charge in [0.1, 0.15) is 11.5 Å². The molecule has 3 nitrogen and oxygen atoms in total. The SMILES string of the molecule is COc1cccc(CCOc2cccc(N)c2)c1. The largest absolute Gasteiger partial charge is 0.497 e. The van der Waals surface area contributed by atoms with Gasteiger partial charge in [-0.15, -0.1) is 0 Å². The highest BCUT2D eigenvalue weighted by Gasteiger charge is 1.98. The van der Waals surface area contributed by atoms with Gasteiger partial charge in [-0.05, 0) is 29.8 Å². The maximum Gasteiger partial charge on any atom is 0.121 e. The summed E-state index contributed by atoms with van der Waals surface area (Å²) in [5, 5.41) is 0. The molecular weight excluding hydrogens is 226 g/mol. The van der Waals surface area contributed by atoms with E-state index in [1.165, 1.54) is 5.56 Å². The molecule has 0 aromatic heterocycles. The zero-order valence-electron chi connectivity index (χ0n) is 10.4. The molecule has 0 radical (unpaired) electrons. The van der Waals surface area contributed by atoms with Gasteiger partial charge in [0.15, 0.2) is 0 Å². The molecule has 0 fully saturated rings. The molecule has 18 heavy (non-hydrogen) atoms. The van der Waals surface area contributed by atoms with Crippen LogP contribution in [0.4, 0.5) is 5.69 Å². The Labute approximate surface area is 107 Å². The Balaban J connectivity index is 1.88. The molecule has 0 spiro atoms. The number of nitrogen functional groups attached to an aromatic ring is 1. The van der Waals surface area contributed by atoms with E-state index in [1.54, 1.807) is 7.11 Å². The predicted octanol–water partition coefficient (Wildman–Crippen LogP) is 2.90. The molecule has 0 aliphatic carbocycles. The molecule has 0 heterocycles. The third-order valence-corrected chi connectivity index (χ3v) is 2.65. The van der Waals surface area contributed by atoms with Gasteiger partial charge in [-0.25, -0.2) is 0 Å². The first kappa shape index (κ1) is 12.3. The fraction of sp³-hybridized carbons (Fsp3) is 0.200. The van der Waals surface area contributed by atoms with E-state index < -0.39 is 0 Å². The molecule has 0 bridgehead atoms. The van der Waals surface area contributed by atoms with Crippen molar-refractivity contribution < 1.29 is 9.47 Å². The minimum Gasteiger partial charge on any atom is -0.497 e. The van der Waals surface area contributed by atoms with Gasteiger partial charge >= 0.3 is 0 Å². The normalized spacial score (nSPS) is 10.1. The average Bonchev–Trinajstić information content (AvgIpc) is 2.39. The van der Waals surface area contributed by atoms with Gasteiger partial charge in [-0.2, -0.15) is 0 Å². The van der Waals surface area contributed by atoms with E-state index in [0.717, 1.165) is 17.9 Å². The van der Waals surface area contributed by atoms with Crippen molar-refractivity contribution in [2.24, 2.45) is 0 Å². The topological polar surface area (TPSA) is 44.5 Å². The van der Waals surface area contributed by atoms with Gasteiger partial charge in [0.05, 0.1) is 13.7 Å². The second-order valence-electron chi connectivity index (χ2n) is 4.02. The lowest BCUT2D eigenvalue weighted by atomic mass is 10.1. The Hall–Kier alpha value is -2.16. The summed E-state index contributed by atoms with van der Waals surface area (Å²) in [5.41, 5.74) is 7.59. The van der Waals surface area contributed by atoms with E-state index >= 15 is 0 Å². The molecule has 0 aliphatic heterocycles. The molecule has 0 atom stereocenters. The summed E-state index contributed by atoms with van der Waals surface area (Å²) in [7, 11) is 1.67. The number of methoxy groups -OCH3 is 1. The fourth-order valence-electron chi connectivity index (χ4n) is 1.72. The van der Waals surface area contributed by atoms with E-state index in [4.69, 9.17) is 15.2 Å². The Kier molecular flexibility index (Phi) is 4.07. The Morgan fingerprint density at radius 1 is 1.00 bits per heavy atom. The molecule has 94 valence electrons. The smallest absolute Gasteiger partial charge is 0.121 e. The summed E-state index contributed by atoms with van der Waals surface area (Å²) in [6, 6.07) is 15.4. The molecular formula is C15H17NO2. The van der Waals surface area contributed by atoms with Gasteiger partial charge in [0.25, 0.3) is 0 Å². The van der Waals surface area contributed by atoms with Crippen molar-refractivity contribution >= 4 is 5.69 Å². The third kappa shape index (κ3) is 3.42. The van der Waals surface area contributed by atoms with Crippen molar-refractivity contribution in [3.8, 4) is 11.5 Å². The second-order valence-corrected chi connectivity index (χ2v) is 4.02. The standard InChI is InChI=1S/C15H17NO2/c1-17-14-6-2-4-12(10-14)8-9-18-15-7-3-5-13(16)11-15/h2-7,10-11H,8-9,16H2,1H3. The minimum atomic E-state index is 0.622. The molecule has 2 aromatic rings. The number of hydrogen-bond donors (Lipinski definition) is 1. The monoisotopic (exact) mass is 243 g/mol. The lowest BCUT2D eigenvalue weighted by molar-refractivity contribution is 0.322. The van der Waals surface area contributed by atoms with Crippen molar-refractivity contribution in [2.45, 2.75) is 6.42 Å². The van der Waals surface area contributed by atoms with Crippen LogP contribution >= 0.6 is 0 Å². The summed E-state index contributed by atoms with van der Waals surface area (Å²) in [5.74, 6) is 1.68. The van der Waals surface area contributed by atoms with Crippen LogP contribution in [-0.2, 0) is 6.42 Å². The van der Waals surface area contributed by atoms with Crippen molar-refractivity contribution in [1.82, 2.24) is 0 Å². The van der Waals surface area contributed by atoms with Crippen LogP contribution in [0.3, 0.4) is 0 Å². The highest BCUT2D eigenvalue weighted by Crippen LogP contribution is 2.16. The lowest BCUT2D eigenvalue weighted by Gasteiger charge is -2.07. The Morgan fingerprint density at radius 2 is 1.78 bits per heavy atom. The summed E-state index contributed by atoms with van der Waals surface area (Å²) < 4.78 is 10.8. The first-order chi connectivity index (χ1) is 8.78. The van der Waals surface area contributed by atoms with Crippen LogP contribution in [0.2, 0.25) is 0 Å². The number of anilines is 1. The zero-order valence-corrected chi connectivity index (χ0v) is 10.4. The Bertz CT molecular complexity index is 511. The summed E-state index contributed by atoms with van der Waals surface area (Å²) in [6.45, 7) is 0.622. The molecule has 3 heteroatoms. The maximum atomic E-state index is 5.68. The molecule has 0 amide bonds. The van der Waals surface area contributed by atoms with Crippen molar-refractivity contribution in [2.75, 3.05) is 19.5 Å². The van der Waals surface area contributed by atoms with E-state index in [9.17, 15) is 0 Å².